The van der Waals surface area contributed by atoms with Crippen LogP contribution in [0.1, 0.15) is 47.1 Å². The molecule has 0 aliphatic carbocycles. The van der Waals surface area contributed by atoms with Crippen molar-refractivity contribution in [3.05, 3.63) is 92.7 Å². The molecule has 1 aliphatic rings. The standard InChI is InChI=1S/C23H20N2O3S/c1-15-10-11-29-20(15)14-24(2)21(26)17-7-5-6-16(12-17)13-25-22(27)18-8-3-4-9-19(18)23(25)28/h3-12H,13-14H2,1-2H3. The zero-order valence-corrected chi connectivity index (χ0v) is 17.0. The van der Waals surface area contributed by atoms with Gasteiger partial charge in [0.15, 0.2) is 0 Å². The molecule has 1 aliphatic heterocycles. The lowest BCUT2D eigenvalue weighted by molar-refractivity contribution is 0.0642. The first-order chi connectivity index (χ1) is 14.0. The quantitative estimate of drug-likeness (QED) is 0.601. The molecule has 0 radical (unpaired) electrons. The molecule has 0 atom stereocenters. The van der Waals surface area contributed by atoms with Crippen molar-refractivity contribution in [2.24, 2.45) is 0 Å². The molecule has 29 heavy (non-hydrogen) atoms. The smallest absolute Gasteiger partial charge is 0.261 e. The van der Waals surface area contributed by atoms with E-state index in [1.165, 1.54) is 10.5 Å². The van der Waals surface area contributed by atoms with Gasteiger partial charge in [-0.05, 0) is 53.8 Å². The number of thiophene rings is 1. The Kier molecular flexibility index (Phi) is 5.03. The molecule has 0 saturated heterocycles. The fourth-order valence-corrected chi connectivity index (χ4v) is 4.40. The molecule has 1 aromatic heterocycles. The number of rotatable bonds is 5. The van der Waals surface area contributed by atoms with Crippen LogP contribution in [-0.4, -0.2) is 34.6 Å². The molecule has 4 rings (SSSR count). The average Bonchev–Trinajstić information content (AvgIpc) is 3.24. The number of nitrogens with zero attached hydrogens (tertiary/aromatic N) is 2. The van der Waals surface area contributed by atoms with Gasteiger partial charge in [-0.2, -0.15) is 0 Å². The number of carbonyl (C=O) groups is 3. The van der Waals surface area contributed by atoms with Crippen LogP contribution in [0.3, 0.4) is 0 Å². The van der Waals surface area contributed by atoms with Gasteiger partial charge in [-0.15, -0.1) is 11.3 Å². The Morgan fingerprint density at radius 1 is 1.00 bits per heavy atom. The van der Waals surface area contributed by atoms with Crippen LogP contribution in [0.25, 0.3) is 0 Å². The number of benzene rings is 2. The van der Waals surface area contributed by atoms with Gasteiger partial charge in [0.25, 0.3) is 17.7 Å². The van der Waals surface area contributed by atoms with Crippen molar-refractivity contribution < 1.29 is 14.4 Å². The van der Waals surface area contributed by atoms with E-state index in [4.69, 9.17) is 0 Å². The zero-order valence-electron chi connectivity index (χ0n) is 16.2. The number of hydrogen-bond donors (Lipinski definition) is 0. The summed E-state index contributed by atoms with van der Waals surface area (Å²) >= 11 is 1.63. The third kappa shape index (κ3) is 3.59. The number of aryl methyl sites for hydroxylation is 1. The highest BCUT2D eigenvalue weighted by Gasteiger charge is 2.35. The molecule has 0 spiro atoms. The van der Waals surface area contributed by atoms with Crippen molar-refractivity contribution in [3.63, 3.8) is 0 Å². The molecule has 5 nitrogen and oxygen atoms in total. The summed E-state index contributed by atoms with van der Waals surface area (Å²) in [6, 6.07) is 16.0. The van der Waals surface area contributed by atoms with Crippen molar-refractivity contribution in [1.29, 1.82) is 0 Å². The summed E-state index contributed by atoms with van der Waals surface area (Å²) < 4.78 is 0. The van der Waals surface area contributed by atoms with E-state index < -0.39 is 0 Å². The lowest BCUT2D eigenvalue weighted by Crippen LogP contribution is -2.29. The summed E-state index contributed by atoms with van der Waals surface area (Å²) in [5, 5.41) is 2.02. The molecule has 2 heterocycles. The fourth-order valence-electron chi connectivity index (χ4n) is 3.44. The minimum Gasteiger partial charge on any atom is -0.337 e. The lowest BCUT2D eigenvalue weighted by Gasteiger charge is -2.18. The lowest BCUT2D eigenvalue weighted by atomic mass is 10.1. The van der Waals surface area contributed by atoms with E-state index in [1.807, 2.05) is 24.4 Å². The van der Waals surface area contributed by atoms with Crippen molar-refractivity contribution in [2.75, 3.05) is 7.05 Å². The predicted molar refractivity (Wildman–Crippen MR) is 112 cm³/mol. The van der Waals surface area contributed by atoms with Gasteiger partial charge in [0.2, 0.25) is 0 Å². The summed E-state index contributed by atoms with van der Waals surface area (Å²) in [4.78, 5) is 42.1. The highest BCUT2D eigenvalue weighted by atomic mass is 32.1. The maximum Gasteiger partial charge on any atom is 0.261 e. The number of imide groups is 1. The normalized spacial score (nSPS) is 13.0. The van der Waals surface area contributed by atoms with Crippen molar-refractivity contribution >= 4 is 29.1 Å². The first kappa shape index (κ1) is 19.1. The third-order valence-electron chi connectivity index (χ3n) is 5.09. The van der Waals surface area contributed by atoms with Crippen LogP contribution in [-0.2, 0) is 13.1 Å². The van der Waals surface area contributed by atoms with Crippen LogP contribution in [0.4, 0.5) is 0 Å². The van der Waals surface area contributed by atoms with Crippen LogP contribution in [0, 0.1) is 6.92 Å². The maximum atomic E-state index is 12.9. The monoisotopic (exact) mass is 404 g/mol. The highest BCUT2D eigenvalue weighted by molar-refractivity contribution is 7.10. The first-order valence-electron chi connectivity index (χ1n) is 9.28. The molecular formula is C23H20N2O3S. The van der Waals surface area contributed by atoms with Crippen molar-refractivity contribution in [2.45, 2.75) is 20.0 Å². The van der Waals surface area contributed by atoms with Gasteiger partial charge in [-0.3, -0.25) is 19.3 Å². The second-order valence-corrected chi connectivity index (χ2v) is 8.13. The molecule has 0 bridgehead atoms. The summed E-state index contributed by atoms with van der Waals surface area (Å²) in [5.41, 5.74) is 3.31. The molecule has 0 unspecified atom stereocenters. The maximum absolute atomic E-state index is 12.9. The van der Waals surface area contributed by atoms with E-state index in [0.717, 1.165) is 10.4 Å². The van der Waals surface area contributed by atoms with E-state index in [0.29, 0.717) is 23.2 Å². The molecule has 0 saturated carbocycles. The molecule has 6 heteroatoms. The van der Waals surface area contributed by atoms with E-state index >= 15 is 0 Å². The molecule has 0 fully saturated rings. The van der Waals surface area contributed by atoms with Gasteiger partial charge in [0, 0.05) is 17.5 Å². The van der Waals surface area contributed by atoms with Gasteiger partial charge in [-0.1, -0.05) is 24.3 Å². The van der Waals surface area contributed by atoms with Crippen LogP contribution < -0.4 is 0 Å². The summed E-state index contributed by atoms with van der Waals surface area (Å²) in [6.07, 6.45) is 0. The number of hydrogen-bond acceptors (Lipinski definition) is 4. The Bertz CT molecular complexity index is 1080. The average molecular weight is 404 g/mol. The summed E-state index contributed by atoms with van der Waals surface area (Å²) in [6.45, 7) is 2.72. The van der Waals surface area contributed by atoms with Gasteiger partial charge in [0.05, 0.1) is 24.2 Å². The number of amides is 3. The van der Waals surface area contributed by atoms with Gasteiger partial charge in [-0.25, -0.2) is 0 Å². The largest absolute Gasteiger partial charge is 0.337 e. The molecular weight excluding hydrogens is 384 g/mol. The topological polar surface area (TPSA) is 57.7 Å². The van der Waals surface area contributed by atoms with Gasteiger partial charge >= 0.3 is 0 Å². The molecule has 2 aromatic carbocycles. The van der Waals surface area contributed by atoms with E-state index in [2.05, 4.69) is 0 Å². The molecule has 3 aromatic rings. The van der Waals surface area contributed by atoms with Gasteiger partial charge < -0.3 is 4.90 Å². The minimum atomic E-state index is -0.299. The van der Waals surface area contributed by atoms with Gasteiger partial charge in [0.1, 0.15) is 0 Å². The molecule has 3 amide bonds. The van der Waals surface area contributed by atoms with E-state index in [-0.39, 0.29) is 24.3 Å². The Balaban J connectivity index is 1.51. The minimum absolute atomic E-state index is 0.0954. The SMILES string of the molecule is Cc1ccsc1CN(C)C(=O)c1cccc(CN2C(=O)c3ccccc3C2=O)c1. The molecule has 0 N–H and O–H groups in total. The van der Waals surface area contributed by atoms with Crippen molar-refractivity contribution in [3.8, 4) is 0 Å². The number of fused-ring (bicyclic) bond motifs is 1. The Morgan fingerprint density at radius 3 is 2.31 bits per heavy atom. The number of carbonyl (C=O) groups excluding carboxylic acids is 3. The fraction of sp³-hybridized carbons (Fsp3) is 0.174. The third-order valence-corrected chi connectivity index (χ3v) is 6.10. The second kappa shape index (κ2) is 7.64. The van der Waals surface area contributed by atoms with E-state index in [1.54, 1.807) is 65.7 Å². The Morgan fingerprint density at radius 2 is 1.69 bits per heavy atom. The van der Waals surface area contributed by atoms with Crippen LogP contribution in [0.15, 0.2) is 60.0 Å². The highest BCUT2D eigenvalue weighted by Crippen LogP contribution is 2.25. The summed E-state index contributed by atoms with van der Waals surface area (Å²) in [5.74, 6) is -0.692. The second-order valence-electron chi connectivity index (χ2n) is 7.13. The Hall–Kier alpha value is -3.25. The van der Waals surface area contributed by atoms with Crippen LogP contribution in [0.5, 0.6) is 0 Å². The Labute approximate surface area is 173 Å². The summed E-state index contributed by atoms with van der Waals surface area (Å²) in [7, 11) is 1.78. The first-order valence-corrected chi connectivity index (χ1v) is 10.2. The zero-order chi connectivity index (χ0) is 20.5. The van der Waals surface area contributed by atoms with Crippen molar-refractivity contribution in [1.82, 2.24) is 9.80 Å². The van der Waals surface area contributed by atoms with E-state index in [9.17, 15) is 14.4 Å². The van der Waals surface area contributed by atoms with Crippen LogP contribution >= 0.6 is 11.3 Å². The predicted octanol–water partition coefficient (Wildman–Crippen LogP) is 4.12. The van der Waals surface area contributed by atoms with Crippen LogP contribution in [0.2, 0.25) is 0 Å². The molecule has 146 valence electrons.